The Labute approximate surface area is 125 Å². The molecule has 116 valence electrons. The van der Waals surface area contributed by atoms with Crippen LogP contribution in [0.5, 0.6) is 0 Å². The summed E-state index contributed by atoms with van der Waals surface area (Å²) in [6.45, 7) is 0. The fourth-order valence-electron chi connectivity index (χ4n) is 2.54. The number of nitrogens with one attached hydrogen (secondary N) is 1. The Balaban J connectivity index is 1.80. The van der Waals surface area contributed by atoms with Crippen molar-refractivity contribution < 1.29 is 13.2 Å². The molecule has 1 aliphatic rings. The van der Waals surface area contributed by atoms with E-state index in [1.807, 2.05) is 30.3 Å². The second-order valence-electron chi connectivity index (χ2n) is 5.59. The van der Waals surface area contributed by atoms with Gasteiger partial charge in [-0.25, -0.2) is 8.42 Å². The molecule has 2 atom stereocenters. The van der Waals surface area contributed by atoms with Crippen LogP contribution in [0.25, 0.3) is 0 Å². The number of carbonyl (C=O) groups excluding carboxylic acids is 1. The number of nitrogens with two attached hydrogens (primary N) is 1. The third-order valence-corrected chi connectivity index (χ3v) is 5.55. The summed E-state index contributed by atoms with van der Waals surface area (Å²) < 4.78 is 23.1. The lowest BCUT2D eigenvalue weighted by Gasteiger charge is -2.24. The molecule has 1 aliphatic heterocycles. The number of carbonyl (C=O) groups is 1. The van der Waals surface area contributed by atoms with Gasteiger partial charge in [-0.15, -0.1) is 0 Å². The van der Waals surface area contributed by atoms with Gasteiger partial charge in [0, 0.05) is 6.04 Å². The van der Waals surface area contributed by atoms with Crippen LogP contribution >= 0.6 is 0 Å². The molecule has 5 nitrogen and oxygen atoms in total. The summed E-state index contributed by atoms with van der Waals surface area (Å²) in [5.41, 5.74) is 7.03. The molecule has 1 aromatic rings. The van der Waals surface area contributed by atoms with Gasteiger partial charge in [0.2, 0.25) is 5.91 Å². The van der Waals surface area contributed by atoms with E-state index in [0.29, 0.717) is 19.3 Å². The van der Waals surface area contributed by atoms with E-state index in [2.05, 4.69) is 5.32 Å². The van der Waals surface area contributed by atoms with Gasteiger partial charge in [0.1, 0.15) is 0 Å². The molecule has 1 heterocycles. The average molecular weight is 310 g/mol. The maximum atomic E-state index is 12.0. The van der Waals surface area contributed by atoms with Crippen molar-refractivity contribution in [1.29, 1.82) is 0 Å². The molecule has 2 rings (SSSR count). The molecule has 1 amide bonds. The summed E-state index contributed by atoms with van der Waals surface area (Å²) in [5, 5.41) is 2.77. The van der Waals surface area contributed by atoms with Gasteiger partial charge in [-0.05, 0) is 31.2 Å². The number of rotatable bonds is 5. The SMILES string of the molecule is N[C@@H](CCc1ccccc1)C(=O)NC1CCCS(=O)(=O)C1. The lowest BCUT2D eigenvalue weighted by molar-refractivity contribution is -0.123. The number of sulfone groups is 1. The van der Waals surface area contributed by atoms with E-state index >= 15 is 0 Å². The quantitative estimate of drug-likeness (QED) is 0.835. The van der Waals surface area contributed by atoms with Gasteiger partial charge >= 0.3 is 0 Å². The van der Waals surface area contributed by atoms with Crippen molar-refractivity contribution in [2.45, 2.75) is 37.8 Å². The van der Waals surface area contributed by atoms with Crippen molar-refractivity contribution in [3.63, 3.8) is 0 Å². The summed E-state index contributed by atoms with van der Waals surface area (Å²) >= 11 is 0. The van der Waals surface area contributed by atoms with Gasteiger partial charge in [0.05, 0.1) is 17.5 Å². The van der Waals surface area contributed by atoms with Gasteiger partial charge < -0.3 is 11.1 Å². The Kier molecular flexibility index (Phi) is 5.36. The maximum absolute atomic E-state index is 12.0. The molecule has 0 bridgehead atoms. The van der Waals surface area contributed by atoms with Crippen LogP contribution in [0.1, 0.15) is 24.8 Å². The van der Waals surface area contributed by atoms with Crippen LogP contribution in [0.4, 0.5) is 0 Å². The first-order valence-corrected chi connectivity index (χ1v) is 9.09. The van der Waals surface area contributed by atoms with Crippen molar-refractivity contribution in [2.24, 2.45) is 5.73 Å². The monoisotopic (exact) mass is 310 g/mol. The second kappa shape index (κ2) is 7.04. The summed E-state index contributed by atoms with van der Waals surface area (Å²) in [6.07, 6.45) is 2.59. The van der Waals surface area contributed by atoms with Crippen LogP contribution in [0.2, 0.25) is 0 Å². The molecule has 0 radical (unpaired) electrons. The number of benzene rings is 1. The minimum Gasteiger partial charge on any atom is -0.351 e. The predicted molar refractivity (Wildman–Crippen MR) is 82.6 cm³/mol. The molecule has 0 saturated carbocycles. The molecular formula is C15H22N2O3S. The minimum absolute atomic E-state index is 0.0319. The van der Waals surface area contributed by atoms with E-state index in [4.69, 9.17) is 5.73 Å². The van der Waals surface area contributed by atoms with Crippen LogP contribution in [-0.4, -0.2) is 37.9 Å². The zero-order valence-electron chi connectivity index (χ0n) is 12.0. The highest BCUT2D eigenvalue weighted by Gasteiger charge is 2.27. The Hall–Kier alpha value is -1.40. The van der Waals surface area contributed by atoms with E-state index in [-0.39, 0.29) is 23.5 Å². The molecule has 6 heteroatoms. The highest BCUT2D eigenvalue weighted by atomic mass is 32.2. The first kappa shape index (κ1) is 16.0. The van der Waals surface area contributed by atoms with Crippen molar-refractivity contribution in [2.75, 3.05) is 11.5 Å². The fourth-order valence-corrected chi connectivity index (χ4v) is 4.18. The van der Waals surface area contributed by atoms with Gasteiger partial charge in [0.25, 0.3) is 0 Å². The van der Waals surface area contributed by atoms with Crippen molar-refractivity contribution in [3.8, 4) is 0 Å². The first-order valence-electron chi connectivity index (χ1n) is 7.26. The largest absolute Gasteiger partial charge is 0.351 e. The average Bonchev–Trinajstić information content (AvgIpc) is 2.44. The number of hydrogen-bond donors (Lipinski definition) is 2. The van der Waals surface area contributed by atoms with E-state index in [9.17, 15) is 13.2 Å². The molecule has 0 spiro atoms. The van der Waals surface area contributed by atoms with E-state index in [0.717, 1.165) is 12.0 Å². The maximum Gasteiger partial charge on any atom is 0.237 e. The van der Waals surface area contributed by atoms with Gasteiger partial charge in [-0.1, -0.05) is 30.3 Å². The molecule has 0 aromatic heterocycles. The third-order valence-electron chi connectivity index (χ3n) is 3.73. The van der Waals surface area contributed by atoms with Gasteiger partial charge in [-0.2, -0.15) is 0 Å². The standard InChI is InChI=1S/C15H22N2O3S/c16-14(9-8-12-5-2-1-3-6-12)15(18)17-13-7-4-10-21(19,20)11-13/h1-3,5-6,13-14H,4,7-11,16H2,(H,17,18)/t13?,14-/m0/s1. The van der Waals surface area contributed by atoms with Crippen LogP contribution in [0.3, 0.4) is 0 Å². The summed E-state index contributed by atoms with van der Waals surface area (Å²) in [7, 11) is -3.01. The van der Waals surface area contributed by atoms with Crippen LogP contribution < -0.4 is 11.1 Å². The van der Waals surface area contributed by atoms with Crippen molar-refractivity contribution in [1.82, 2.24) is 5.32 Å². The first-order chi connectivity index (χ1) is 9.96. The summed E-state index contributed by atoms with van der Waals surface area (Å²) in [6, 6.07) is 8.95. The van der Waals surface area contributed by atoms with Gasteiger partial charge in [-0.3, -0.25) is 4.79 Å². The highest BCUT2D eigenvalue weighted by molar-refractivity contribution is 7.91. The molecule has 1 unspecified atom stereocenters. The van der Waals surface area contributed by atoms with E-state index < -0.39 is 15.9 Å². The molecular weight excluding hydrogens is 288 g/mol. The molecule has 21 heavy (non-hydrogen) atoms. The second-order valence-corrected chi connectivity index (χ2v) is 7.82. The highest BCUT2D eigenvalue weighted by Crippen LogP contribution is 2.12. The summed E-state index contributed by atoms with van der Waals surface area (Å²) in [5.74, 6) is -0.00290. The van der Waals surface area contributed by atoms with Crippen molar-refractivity contribution >= 4 is 15.7 Å². The van der Waals surface area contributed by atoms with Crippen molar-refractivity contribution in [3.05, 3.63) is 35.9 Å². The lowest BCUT2D eigenvalue weighted by Crippen LogP contribution is -2.49. The fraction of sp³-hybridized carbons (Fsp3) is 0.533. The number of amides is 1. The molecule has 1 aromatic carbocycles. The number of aryl methyl sites for hydroxylation is 1. The predicted octanol–water partition coefficient (Wildman–Crippen LogP) is 0.640. The Morgan fingerprint density at radius 1 is 1.33 bits per heavy atom. The normalized spacial score (nSPS) is 22.4. The molecule has 0 aliphatic carbocycles. The molecule has 1 fully saturated rings. The Morgan fingerprint density at radius 3 is 2.71 bits per heavy atom. The minimum atomic E-state index is -3.01. The zero-order chi connectivity index (χ0) is 15.3. The van der Waals surface area contributed by atoms with Crippen LogP contribution in [0.15, 0.2) is 30.3 Å². The number of hydrogen-bond acceptors (Lipinski definition) is 4. The van der Waals surface area contributed by atoms with E-state index in [1.165, 1.54) is 0 Å². The Morgan fingerprint density at radius 2 is 2.05 bits per heavy atom. The van der Waals surface area contributed by atoms with Gasteiger partial charge in [0.15, 0.2) is 9.84 Å². The lowest BCUT2D eigenvalue weighted by atomic mass is 10.0. The molecule has 1 saturated heterocycles. The smallest absolute Gasteiger partial charge is 0.237 e. The van der Waals surface area contributed by atoms with Crippen LogP contribution in [0, 0.1) is 0 Å². The van der Waals surface area contributed by atoms with E-state index in [1.54, 1.807) is 0 Å². The Bertz CT molecular complexity index is 572. The van der Waals surface area contributed by atoms with Crippen LogP contribution in [-0.2, 0) is 21.1 Å². The third kappa shape index (κ3) is 5.13. The zero-order valence-corrected chi connectivity index (χ0v) is 12.8. The summed E-state index contributed by atoms with van der Waals surface area (Å²) in [4.78, 5) is 12.0. The molecule has 3 N–H and O–H groups in total. The topological polar surface area (TPSA) is 89.3 Å².